The minimum Gasteiger partial charge on any atom is -0.368 e. The average molecular weight is 268 g/mol. The maximum absolute atomic E-state index is 5.86. The molecule has 0 amide bonds. The van der Waals surface area contributed by atoms with E-state index in [-0.39, 0.29) is 5.95 Å². The Bertz CT molecular complexity index is 406. The minimum absolute atomic E-state index is 0.223. The summed E-state index contributed by atoms with van der Waals surface area (Å²) in [6.45, 7) is 2.35. The van der Waals surface area contributed by atoms with Crippen molar-refractivity contribution < 1.29 is 0 Å². The van der Waals surface area contributed by atoms with Gasteiger partial charge in [-0.3, -0.25) is 0 Å². The van der Waals surface area contributed by atoms with E-state index in [0.717, 1.165) is 24.7 Å². The van der Waals surface area contributed by atoms with Crippen LogP contribution in [0, 0.1) is 0 Å². The number of halogens is 1. The summed E-state index contributed by atoms with van der Waals surface area (Å²) in [5.41, 5.74) is 5.58. The standard InChI is InChI=1S/C12H18ClN5/c13-10-7-11(17-12(14)16-10)15-8-3-5-18(6-4-8)9-1-2-9/h7-9H,1-6H2,(H3,14,15,16,17). The van der Waals surface area contributed by atoms with E-state index >= 15 is 0 Å². The summed E-state index contributed by atoms with van der Waals surface area (Å²) < 4.78 is 0. The van der Waals surface area contributed by atoms with E-state index in [4.69, 9.17) is 17.3 Å². The van der Waals surface area contributed by atoms with Gasteiger partial charge < -0.3 is 16.0 Å². The van der Waals surface area contributed by atoms with E-state index in [1.54, 1.807) is 6.07 Å². The van der Waals surface area contributed by atoms with Gasteiger partial charge in [-0.05, 0) is 25.7 Å². The monoisotopic (exact) mass is 267 g/mol. The van der Waals surface area contributed by atoms with Gasteiger partial charge in [0.25, 0.3) is 0 Å². The van der Waals surface area contributed by atoms with Crippen LogP contribution in [0.3, 0.4) is 0 Å². The van der Waals surface area contributed by atoms with Crippen LogP contribution in [0.5, 0.6) is 0 Å². The zero-order valence-corrected chi connectivity index (χ0v) is 11.0. The van der Waals surface area contributed by atoms with Gasteiger partial charge in [-0.1, -0.05) is 11.6 Å². The molecule has 3 N–H and O–H groups in total. The summed E-state index contributed by atoms with van der Waals surface area (Å²) >= 11 is 5.86. The fraction of sp³-hybridized carbons (Fsp3) is 0.667. The van der Waals surface area contributed by atoms with Crippen LogP contribution >= 0.6 is 11.6 Å². The van der Waals surface area contributed by atoms with Crippen LogP contribution in [-0.4, -0.2) is 40.0 Å². The molecule has 1 aromatic rings. The molecule has 1 aliphatic heterocycles. The zero-order valence-electron chi connectivity index (χ0n) is 10.3. The second-order valence-corrected chi connectivity index (χ2v) is 5.51. The zero-order chi connectivity index (χ0) is 12.5. The van der Waals surface area contributed by atoms with Crippen LogP contribution in [-0.2, 0) is 0 Å². The van der Waals surface area contributed by atoms with Crippen molar-refractivity contribution in [2.45, 2.75) is 37.8 Å². The number of likely N-dealkylation sites (tertiary alicyclic amines) is 1. The average Bonchev–Trinajstić information content (AvgIpc) is 3.12. The molecule has 6 heteroatoms. The minimum atomic E-state index is 0.223. The molecular formula is C12H18ClN5. The maximum Gasteiger partial charge on any atom is 0.223 e. The molecule has 18 heavy (non-hydrogen) atoms. The lowest BCUT2D eigenvalue weighted by Crippen LogP contribution is -2.40. The Morgan fingerprint density at radius 1 is 1.22 bits per heavy atom. The van der Waals surface area contributed by atoms with Crippen molar-refractivity contribution in [2.75, 3.05) is 24.1 Å². The van der Waals surface area contributed by atoms with Crippen molar-refractivity contribution in [3.8, 4) is 0 Å². The molecule has 3 rings (SSSR count). The SMILES string of the molecule is Nc1nc(Cl)cc(NC2CCN(C3CC3)CC2)n1. The summed E-state index contributed by atoms with van der Waals surface area (Å²) in [5.74, 6) is 0.956. The fourth-order valence-electron chi connectivity index (χ4n) is 2.57. The molecule has 0 spiro atoms. The fourth-order valence-corrected chi connectivity index (χ4v) is 2.76. The first-order valence-electron chi connectivity index (χ1n) is 6.51. The molecule has 0 aromatic carbocycles. The number of aromatic nitrogens is 2. The number of anilines is 2. The molecule has 2 aliphatic rings. The molecule has 1 aromatic heterocycles. The Kier molecular flexibility index (Phi) is 3.26. The first-order valence-corrected chi connectivity index (χ1v) is 6.89. The van der Waals surface area contributed by atoms with Gasteiger partial charge >= 0.3 is 0 Å². The molecule has 5 nitrogen and oxygen atoms in total. The summed E-state index contributed by atoms with van der Waals surface area (Å²) in [7, 11) is 0. The van der Waals surface area contributed by atoms with E-state index in [1.807, 2.05) is 0 Å². The van der Waals surface area contributed by atoms with Crippen LogP contribution in [0.25, 0.3) is 0 Å². The van der Waals surface area contributed by atoms with E-state index in [2.05, 4.69) is 20.2 Å². The number of hydrogen-bond donors (Lipinski definition) is 2. The number of nitrogens with zero attached hydrogens (tertiary/aromatic N) is 3. The third-order valence-corrected chi connectivity index (χ3v) is 3.85. The van der Waals surface area contributed by atoms with Gasteiger partial charge in [-0.2, -0.15) is 4.98 Å². The van der Waals surface area contributed by atoms with E-state index < -0.39 is 0 Å². The molecule has 0 atom stereocenters. The van der Waals surface area contributed by atoms with Crippen LogP contribution < -0.4 is 11.1 Å². The van der Waals surface area contributed by atoms with Crippen LogP contribution in [0.2, 0.25) is 5.15 Å². The summed E-state index contributed by atoms with van der Waals surface area (Å²) in [4.78, 5) is 10.6. The Morgan fingerprint density at radius 3 is 2.56 bits per heavy atom. The van der Waals surface area contributed by atoms with Gasteiger partial charge in [0, 0.05) is 31.2 Å². The van der Waals surface area contributed by atoms with Gasteiger partial charge in [-0.25, -0.2) is 4.98 Å². The largest absolute Gasteiger partial charge is 0.368 e. The molecule has 0 radical (unpaired) electrons. The number of hydrogen-bond acceptors (Lipinski definition) is 5. The molecule has 2 fully saturated rings. The highest BCUT2D eigenvalue weighted by Crippen LogP contribution is 2.29. The highest BCUT2D eigenvalue weighted by atomic mass is 35.5. The number of rotatable bonds is 3. The van der Waals surface area contributed by atoms with Crippen molar-refractivity contribution >= 4 is 23.4 Å². The lowest BCUT2D eigenvalue weighted by molar-refractivity contribution is 0.210. The lowest BCUT2D eigenvalue weighted by Gasteiger charge is -2.32. The second-order valence-electron chi connectivity index (χ2n) is 5.12. The quantitative estimate of drug-likeness (QED) is 0.817. The molecule has 0 unspecified atom stereocenters. The molecule has 1 aliphatic carbocycles. The van der Waals surface area contributed by atoms with Crippen molar-refractivity contribution in [3.05, 3.63) is 11.2 Å². The van der Waals surface area contributed by atoms with Gasteiger partial charge in [0.05, 0.1) is 0 Å². The van der Waals surface area contributed by atoms with Gasteiger partial charge in [0.2, 0.25) is 5.95 Å². The highest BCUT2D eigenvalue weighted by molar-refractivity contribution is 6.29. The van der Waals surface area contributed by atoms with Crippen molar-refractivity contribution in [1.29, 1.82) is 0 Å². The number of nitrogen functional groups attached to an aromatic ring is 1. The summed E-state index contributed by atoms with van der Waals surface area (Å²) in [5, 5.41) is 3.79. The smallest absolute Gasteiger partial charge is 0.223 e. The van der Waals surface area contributed by atoms with E-state index in [0.29, 0.717) is 11.2 Å². The van der Waals surface area contributed by atoms with Gasteiger partial charge in [0.15, 0.2) is 0 Å². The number of nitrogens with two attached hydrogens (primary N) is 1. The molecule has 0 bridgehead atoms. The van der Waals surface area contributed by atoms with Crippen LogP contribution in [0.1, 0.15) is 25.7 Å². The predicted molar refractivity (Wildman–Crippen MR) is 72.7 cm³/mol. The summed E-state index contributed by atoms with van der Waals surface area (Å²) in [6.07, 6.45) is 5.07. The molecule has 2 heterocycles. The third kappa shape index (κ3) is 2.84. The van der Waals surface area contributed by atoms with Gasteiger partial charge in [0.1, 0.15) is 11.0 Å². The molecule has 98 valence electrons. The second kappa shape index (κ2) is 4.90. The first-order chi connectivity index (χ1) is 8.70. The van der Waals surface area contributed by atoms with Crippen molar-refractivity contribution in [3.63, 3.8) is 0 Å². The molecule has 1 saturated heterocycles. The predicted octanol–water partition coefficient (Wildman–Crippen LogP) is 1.75. The Morgan fingerprint density at radius 2 is 1.94 bits per heavy atom. The van der Waals surface area contributed by atoms with Crippen LogP contribution in [0.15, 0.2) is 6.07 Å². The van der Waals surface area contributed by atoms with Gasteiger partial charge in [-0.15, -0.1) is 0 Å². The first kappa shape index (κ1) is 12.0. The number of nitrogens with one attached hydrogen (secondary N) is 1. The van der Waals surface area contributed by atoms with E-state index in [1.165, 1.54) is 25.9 Å². The topological polar surface area (TPSA) is 67.1 Å². The van der Waals surface area contributed by atoms with Crippen molar-refractivity contribution in [1.82, 2.24) is 14.9 Å². The molecule has 1 saturated carbocycles. The Balaban J connectivity index is 1.56. The number of piperidine rings is 1. The normalized spacial score (nSPS) is 22.1. The van der Waals surface area contributed by atoms with Crippen molar-refractivity contribution in [2.24, 2.45) is 0 Å². The molecular weight excluding hydrogens is 250 g/mol. The highest BCUT2D eigenvalue weighted by Gasteiger charge is 2.31. The Hall–Kier alpha value is -1.07. The summed E-state index contributed by atoms with van der Waals surface area (Å²) in [6, 6.07) is 3.06. The third-order valence-electron chi connectivity index (χ3n) is 3.66. The Labute approximate surface area is 112 Å². The van der Waals surface area contributed by atoms with E-state index in [9.17, 15) is 0 Å². The maximum atomic E-state index is 5.86. The lowest BCUT2D eigenvalue weighted by atomic mass is 10.1. The van der Waals surface area contributed by atoms with Crippen LogP contribution in [0.4, 0.5) is 11.8 Å².